The second-order valence-corrected chi connectivity index (χ2v) is 5.62. The Morgan fingerprint density at radius 1 is 1.42 bits per heavy atom. The highest BCUT2D eigenvalue weighted by molar-refractivity contribution is 5.75. The lowest BCUT2D eigenvalue weighted by Gasteiger charge is -2.30. The SMILES string of the molecule is CCC1CCC(C)N1C(=O)NCC(C)(O)CC(=O)O. The second-order valence-electron chi connectivity index (χ2n) is 5.62. The van der Waals surface area contributed by atoms with E-state index in [1.165, 1.54) is 6.92 Å². The van der Waals surface area contributed by atoms with Crippen LogP contribution in [0.25, 0.3) is 0 Å². The van der Waals surface area contributed by atoms with Crippen LogP contribution in [-0.2, 0) is 4.79 Å². The number of likely N-dealkylation sites (tertiary alicyclic amines) is 1. The predicted octanol–water partition coefficient (Wildman–Crippen LogP) is 1.18. The minimum absolute atomic E-state index is 0.0578. The molecular formula is C13H24N2O4. The van der Waals surface area contributed by atoms with E-state index in [9.17, 15) is 14.7 Å². The first-order valence-corrected chi connectivity index (χ1v) is 6.77. The van der Waals surface area contributed by atoms with Crippen LogP contribution in [0, 0.1) is 0 Å². The molecule has 0 spiro atoms. The number of hydrogen-bond donors (Lipinski definition) is 3. The standard InChI is InChI=1S/C13H24N2O4/c1-4-10-6-5-9(2)15(10)12(18)14-8-13(3,19)7-11(16)17/h9-10,19H,4-8H2,1-3H3,(H,14,18)(H,16,17). The Labute approximate surface area is 113 Å². The third-order valence-corrected chi connectivity index (χ3v) is 3.64. The van der Waals surface area contributed by atoms with Crippen molar-refractivity contribution < 1.29 is 19.8 Å². The fraction of sp³-hybridized carbons (Fsp3) is 0.846. The lowest BCUT2D eigenvalue weighted by atomic mass is 10.0. The van der Waals surface area contributed by atoms with E-state index >= 15 is 0 Å². The fourth-order valence-corrected chi connectivity index (χ4v) is 2.58. The zero-order valence-electron chi connectivity index (χ0n) is 11.8. The van der Waals surface area contributed by atoms with Crippen molar-refractivity contribution in [3.8, 4) is 0 Å². The van der Waals surface area contributed by atoms with E-state index < -0.39 is 11.6 Å². The van der Waals surface area contributed by atoms with Crippen LogP contribution in [0.2, 0.25) is 0 Å². The Hall–Kier alpha value is -1.30. The third kappa shape index (κ3) is 4.38. The van der Waals surface area contributed by atoms with Crippen LogP contribution in [0.1, 0.15) is 46.5 Å². The van der Waals surface area contributed by atoms with E-state index in [4.69, 9.17) is 5.11 Å². The molecule has 3 unspecified atom stereocenters. The molecule has 0 aliphatic carbocycles. The molecule has 1 heterocycles. The average molecular weight is 272 g/mol. The number of hydrogen-bond acceptors (Lipinski definition) is 3. The van der Waals surface area contributed by atoms with Gasteiger partial charge in [0, 0.05) is 18.6 Å². The Morgan fingerprint density at radius 2 is 2.05 bits per heavy atom. The van der Waals surface area contributed by atoms with Gasteiger partial charge < -0.3 is 20.4 Å². The molecule has 1 aliphatic heterocycles. The lowest BCUT2D eigenvalue weighted by Crippen LogP contribution is -2.50. The Morgan fingerprint density at radius 3 is 2.58 bits per heavy atom. The van der Waals surface area contributed by atoms with Crippen LogP contribution in [0.4, 0.5) is 4.79 Å². The van der Waals surface area contributed by atoms with Gasteiger partial charge in [-0.2, -0.15) is 0 Å². The van der Waals surface area contributed by atoms with Gasteiger partial charge in [-0.3, -0.25) is 4.79 Å². The average Bonchev–Trinajstić information content (AvgIpc) is 2.66. The first-order valence-electron chi connectivity index (χ1n) is 6.77. The maximum Gasteiger partial charge on any atom is 0.317 e. The van der Waals surface area contributed by atoms with Crippen LogP contribution in [0.3, 0.4) is 0 Å². The van der Waals surface area contributed by atoms with Gasteiger partial charge in [-0.1, -0.05) is 6.92 Å². The minimum Gasteiger partial charge on any atom is -0.481 e. The molecule has 1 aliphatic rings. The van der Waals surface area contributed by atoms with Crippen LogP contribution in [0.5, 0.6) is 0 Å². The molecule has 3 atom stereocenters. The second kappa shape index (κ2) is 6.23. The third-order valence-electron chi connectivity index (χ3n) is 3.64. The summed E-state index contributed by atoms with van der Waals surface area (Å²) in [6.07, 6.45) is 2.50. The number of rotatable bonds is 5. The molecule has 6 nitrogen and oxygen atoms in total. The van der Waals surface area contributed by atoms with E-state index in [1.54, 1.807) is 4.90 Å². The summed E-state index contributed by atoms with van der Waals surface area (Å²) in [5.41, 5.74) is -1.42. The highest BCUT2D eigenvalue weighted by Gasteiger charge is 2.34. The van der Waals surface area contributed by atoms with Crippen molar-refractivity contribution in [2.75, 3.05) is 6.54 Å². The molecule has 0 saturated carbocycles. The van der Waals surface area contributed by atoms with Crippen LogP contribution >= 0.6 is 0 Å². The molecule has 1 saturated heterocycles. The summed E-state index contributed by atoms with van der Waals surface area (Å²) in [4.78, 5) is 24.5. The Balaban J connectivity index is 2.53. The number of carboxylic acids is 1. The summed E-state index contributed by atoms with van der Waals surface area (Å²) in [5, 5.41) is 21.2. The van der Waals surface area contributed by atoms with Gasteiger partial charge in [0.05, 0.1) is 12.0 Å². The van der Waals surface area contributed by atoms with Crippen molar-refractivity contribution >= 4 is 12.0 Å². The summed E-state index contributed by atoms with van der Waals surface area (Å²) in [6.45, 7) is 5.40. The molecule has 110 valence electrons. The fourth-order valence-electron chi connectivity index (χ4n) is 2.58. The number of nitrogens with one attached hydrogen (secondary N) is 1. The summed E-state index contributed by atoms with van der Waals surface area (Å²) in [6, 6.07) is 0.205. The highest BCUT2D eigenvalue weighted by Crippen LogP contribution is 2.25. The van der Waals surface area contributed by atoms with Gasteiger partial charge in [0.1, 0.15) is 0 Å². The topological polar surface area (TPSA) is 89.9 Å². The summed E-state index contributed by atoms with van der Waals surface area (Å²) in [7, 11) is 0. The molecule has 0 radical (unpaired) electrons. The highest BCUT2D eigenvalue weighted by atomic mass is 16.4. The number of nitrogens with zero attached hydrogens (tertiary/aromatic N) is 1. The Bertz CT molecular complexity index is 344. The van der Waals surface area contributed by atoms with Gasteiger partial charge >= 0.3 is 12.0 Å². The number of carbonyl (C=O) groups excluding carboxylic acids is 1. The summed E-state index contributed by atoms with van der Waals surface area (Å²) >= 11 is 0. The van der Waals surface area contributed by atoms with E-state index in [1.807, 2.05) is 13.8 Å². The first-order chi connectivity index (χ1) is 8.76. The van der Waals surface area contributed by atoms with Crippen molar-refractivity contribution in [1.29, 1.82) is 0 Å². The van der Waals surface area contributed by atoms with Crippen molar-refractivity contribution in [1.82, 2.24) is 10.2 Å². The first kappa shape index (κ1) is 15.8. The minimum atomic E-state index is -1.42. The van der Waals surface area contributed by atoms with E-state index in [2.05, 4.69) is 5.32 Å². The number of urea groups is 1. The largest absolute Gasteiger partial charge is 0.481 e. The number of aliphatic carboxylic acids is 1. The molecule has 1 rings (SSSR count). The lowest BCUT2D eigenvalue weighted by molar-refractivity contribution is -0.141. The van der Waals surface area contributed by atoms with Gasteiger partial charge in [-0.15, -0.1) is 0 Å². The zero-order chi connectivity index (χ0) is 14.6. The monoisotopic (exact) mass is 272 g/mol. The maximum absolute atomic E-state index is 12.1. The molecule has 6 heteroatoms. The van der Waals surface area contributed by atoms with Gasteiger partial charge in [0.15, 0.2) is 0 Å². The quantitative estimate of drug-likeness (QED) is 0.701. The van der Waals surface area contributed by atoms with Gasteiger partial charge in [-0.25, -0.2) is 4.79 Å². The van der Waals surface area contributed by atoms with Crippen molar-refractivity contribution in [2.45, 2.75) is 64.1 Å². The van der Waals surface area contributed by atoms with Crippen LogP contribution in [0.15, 0.2) is 0 Å². The summed E-state index contributed by atoms with van der Waals surface area (Å²) < 4.78 is 0. The van der Waals surface area contributed by atoms with E-state index in [-0.39, 0.29) is 31.1 Å². The number of carboxylic acid groups (broad SMARTS) is 1. The van der Waals surface area contributed by atoms with Gasteiger partial charge in [-0.05, 0) is 33.1 Å². The smallest absolute Gasteiger partial charge is 0.317 e. The molecule has 0 aromatic heterocycles. The van der Waals surface area contributed by atoms with Crippen LogP contribution in [-0.4, -0.2) is 51.3 Å². The Kier molecular flexibility index (Phi) is 5.17. The summed E-state index contributed by atoms with van der Waals surface area (Å²) in [5.74, 6) is -1.08. The molecule has 1 fully saturated rings. The van der Waals surface area contributed by atoms with E-state index in [0.717, 1.165) is 19.3 Å². The van der Waals surface area contributed by atoms with Gasteiger partial charge in [0.2, 0.25) is 0 Å². The van der Waals surface area contributed by atoms with Crippen molar-refractivity contribution in [2.24, 2.45) is 0 Å². The molecule has 0 aromatic rings. The molecule has 0 aromatic carbocycles. The van der Waals surface area contributed by atoms with Crippen molar-refractivity contribution in [3.63, 3.8) is 0 Å². The van der Waals surface area contributed by atoms with Crippen LogP contribution < -0.4 is 5.32 Å². The van der Waals surface area contributed by atoms with E-state index in [0.29, 0.717) is 0 Å². The predicted molar refractivity (Wildman–Crippen MR) is 70.9 cm³/mol. The van der Waals surface area contributed by atoms with Crippen molar-refractivity contribution in [3.05, 3.63) is 0 Å². The number of amides is 2. The van der Waals surface area contributed by atoms with Gasteiger partial charge in [0.25, 0.3) is 0 Å². The molecule has 19 heavy (non-hydrogen) atoms. The molecule has 0 bridgehead atoms. The number of carbonyl (C=O) groups is 2. The number of aliphatic hydroxyl groups is 1. The molecule has 3 N–H and O–H groups in total. The molecular weight excluding hydrogens is 248 g/mol. The molecule has 2 amide bonds. The normalized spacial score (nSPS) is 26.0. The maximum atomic E-state index is 12.1. The zero-order valence-corrected chi connectivity index (χ0v) is 11.8.